The molecule has 1 amide bonds. The molecule has 1 N–H and O–H groups in total. The Bertz CT molecular complexity index is 743. The molecule has 0 aliphatic carbocycles. The van der Waals surface area contributed by atoms with Gasteiger partial charge in [-0.1, -0.05) is 0 Å². The predicted molar refractivity (Wildman–Crippen MR) is 82.1 cm³/mol. The lowest BCUT2D eigenvalue weighted by atomic mass is 9.84. The fourth-order valence-corrected chi connectivity index (χ4v) is 3.33. The molecule has 3 rings (SSSR count). The minimum Gasteiger partial charge on any atom is -0.459 e. The summed E-state index contributed by atoms with van der Waals surface area (Å²) in [7, 11) is 0. The van der Waals surface area contributed by atoms with E-state index in [1.807, 2.05) is 0 Å². The van der Waals surface area contributed by atoms with Crippen LogP contribution in [0.5, 0.6) is 0 Å². The van der Waals surface area contributed by atoms with Gasteiger partial charge in [0.15, 0.2) is 11.8 Å². The number of β-lactam (4-membered cyclic amide) rings is 1. The highest BCUT2D eigenvalue weighted by Crippen LogP contribution is 2.40. The van der Waals surface area contributed by atoms with Crippen molar-refractivity contribution in [3.63, 3.8) is 0 Å². The molecule has 9 nitrogen and oxygen atoms in total. The van der Waals surface area contributed by atoms with Gasteiger partial charge in [0.1, 0.15) is 6.61 Å². The summed E-state index contributed by atoms with van der Waals surface area (Å²) in [6.45, 7) is 1.32. The first-order chi connectivity index (χ1) is 11.8. The van der Waals surface area contributed by atoms with Gasteiger partial charge >= 0.3 is 5.97 Å². The highest BCUT2D eigenvalue weighted by molar-refractivity contribution is 6.11. The normalized spacial score (nSPS) is 26.0. The van der Waals surface area contributed by atoms with Crippen LogP contribution in [0.15, 0.2) is 24.3 Å². The SMILES string of the molecule is C[C@H](O)[C@H]1C(=O)N2[C@@H](C(=O)OCc3ccc([N+](=O)[O-])cc3)C(=O)C[C@H]12. The highest BCUT2D eigenvalue weighted by atomic mass is 16.6. The van der Waals surface area contributed by atoms with E-state index in [-0.39, 0.29) is 18.7 Å². The number of aliphatic hydroxyl groups is 1. The molecule has 0 unspecified atom stereocenters. The third kappa shape index (κ3) is 2.86. The van der Waals surface area contributed by atoms with Gasteiger partial charge in [0, 0.05) is 18.6 Å². The fourth-order valence-electron chi connectivity index (χ4n) is 3.33. The zero-order chi connectivity index (χ0) is 18.3. The van der Waals surface area contributed by atoms with Crippen LogP contribution in [-0.4, -0.2) is 50.8 Å². The maximum absolute atomic E-state index is 12.2. The Hall–Kier alpha value is -2.81. The van der Waals surface area contributed by atoms with E-state index in [0.29, 0.717) is 5.56 Å². The number of amides is 1. The number of nitrogens with zero attached hydrogens (tertiary/aromatic N) is 2. The smallest absolute Gasteiger partial charge is 0.337 e. The van der Waals surface area contributed by atoms with Gasteiger partial charge < -0.3 is 14.7 Å². The number of hydrogen-bond donors (Lipinski definition) is 1. The van der Waals surface area contributed by atoms with Crippen molar-refractivity contribution in [3.05, 3.63) is 39.9 Å². The van der Waals surface area contributed by atoms with Crippen LogP contribution in [0.1, 0.15) is 18.9 Å². The molecule has 2 heterocycles. The average molecular weight is 348 g/mol. The van der Waals surface area contributed by atoms with Gasteiger partial charge in [0.05, 0.1) is 23.0 Å². The van der Waals surface area contributed by atoms with Crippen LogP contribution in [0.4, 0.5) is 5.69 Å². The van der Waals surface area contributed by atoms with Crippen molar-refractivity contribution in [2.45, 2.75) is 38.1 Å². The Morgan fingerprint density at radius 1 is 1.40 bits per heavy atom. The largest absolute Gasteiger partial charge is 0.459 e. The van der Waals surface area contributed by atoms with Crippen molar-refractivity contribution in [1.82, 2.24) is 4.90 Å². The molecule has 4 atom stereocenters. The number of aliphatic hydroxyl groups excluding tert-OH is 1. The Labute approximate surface area is 142 Å². The second-order valence-corrected chi connectivity index (χ2v) is 6.18. The van der Waals surface area contributed by atoms with Crippen LogP contribution in [0, 0.1) is 16.0 Å². The predicted octanol–water partition coefficient (Wildman–Crippen LogP) is 0.187. The maximum Gasteiger partial charge on any atom is 0.337 e. The topological polar surface area (TPSA) is 127 Å². The van der Waals surface area contributed by atoms with Crippen molar-refractivity contribution < 1.29 is 29.2 Å². The Morgan fingerprint density at radius 3 is 2.60 bits per heavy atom. The summed E-state index contributed by atoms with van der Waals surface area (Å²) in [6.07, 6.45) is -0.852. The Kier molecular flexibility index (Phi) is 4.25. The second kappa shape index (κ2) is 6.25. The lowest BCUT2D eigenvalue weighted by molar-refractivity contribution is -0.384. The number of benzene rings is 1. The van der Waals surface area contributed by atoms with Crippen LogP contribution in [-0.2, 0) is 25.7 Å². The third-order valence-electron chi connectivity index (χ3n) is 4.58. The highest BCUT2D eigenvalue weighted by Gasteiger charge is 2.61. The van der Waals surface area contributed by atoms with E-state index >= 15 is 0 Å². The number of non-ortho nitro benzene ring substituents is 1. The first-order valence-corrected chi connectivity index (χ1v) is 7.74. The van der Waals surface area contributed by atoms with Gasteiger partial charge in [-0.2, -0.15) is 0 Å². The molecule has 1 aromatic carbocycles. The molecule has 1 aromatic rings. The fraction of sp³-hybridized carbons (Fsp3) is 0.438. The van der Waals surface area contributed by atoms with E-state index < -0.39 is 46.7 Å². The van der Waals surface area contributed by atoms with E-state index in [1.54, 1.807) is 0 Å². The number of esters is 1. The van der Waals surface area contributed by atoms with E-state index in [2.05, 4.69) is 0 Å². The molecular weight excluding hydrogens is 332 g/mol. The summed E-state index contributed by atoms with van der Waals surface area (Å²) in [4.78, 5) is 47.6. The number of carbonyl (C=O) groups excluding carboxylic acids is 3. The van der Waals surface area contributed by atoms with E-state index in [0.717, 1.165) is 0 Å². The van der Waals surface area contributed by atoms with Crippen molar-refractivity contribution in [2.24, 2.45) is 5.92 Å². The quantitative estimate of drug-likeness (QED) is 0.264. The summed E-state index contributed by atoms with van der Waals surface area (Å²) in [6, 6.07) is 3.73. The molecule has 2 fully saturated rings. The van der Waals surface area contributed by atoms with Gasteiger partial charge in [0.2, 0.25) is 5.91 Å². The number of Topliss-reactive ketones (excluding diaryl/α,β-unsaturated/α-hetero) is 1. The first-order valence-electron chi connectivity index (χ1n) is 7.74. The standard InChI is InChI=1S/C16H16N2O7/c1-8(19)13-11-6-12(20)14(17(11)15(13)21)16(22)25-7-9-2-4-10(5-3-9)18(23)24/h2-5,8,11,13-14,19H,6-7H2,1H3/t8-,11+,13+,14+/m0/s1. The molecule has 132 valence electrons. The summed E-state index contributed by atoms with van der Waals surface area (Å²) in [5, 5.41) is 20.2. The number of ketones is 1. The van der Waals surface area contributed by atoms with Crippen LogP contribution < -0.4 is 0 Å². The first kappa shape index (κ1) is 17.0. The number of hydrogen-bond acceptors (Lipinski definition) is 7. The summed E-state index contributed by atoms with van der Waals surface area (Å²) in [5.41, 5.74) is 0.442. The summed E-state index contributed by atoms with van der Waals surface area (Å²) in [5.74, 6) is -2.32. The molecular formula is C16H16N2O7. The maximum atomic E-state index is 12.2. The molecule has 0 aromatic heterocycles. The van der Waals surface area contributed by atoms with Gasteiger partial charge in [0.25, 0.3) is 5.69 Å². The molecule has 2 aliphatic rings. The van der Waals surface area contributed by atoms with Crippen LogP contribution in [0.3, 0.4) is 0 Å². The second-order valence-electron chi connectivity index (χ2n) is 6.18. The van der Waals surface area contributed by atoms with E-state index in [9.17, 15) is 29.6 Å². The van der Waals surface area contributed by atoms with Crippen LogP contribution in [0.25, 0.3) is 0 Å². The minimum atomic E-state index is -1.27. The Morgan fingerprint density at radius 2 is 2.04 bits per heavy atom. The van der Waals surface area contributed by atoms with Crippen LogP contribution in [0.2, 0.25) is 0 Å². The van der Waals surface area contributed by atoms with Crippen molar-refractivity contribution in [3.8, 4) is 0 Å². The number of rotatable bonds is 5. The van der Waals surface area contributed by atoms with Gasteiger partial charge in [-0.25, -0.2) is 4.79 Å². The summed E-state index contributed by atoms with van der Waals surface area (Å²) >= 11 is 0. The zero-order valence-corrected chi connectivity index (χ0v) is 13.3. The van der Waals surface area contributed by atoms with Gasteiger partial charge in [-0.3, -0.25) is 19.7 Å². The number of nitro groups is 1. The van der Waals surface area contributed by atoms with Crippen molar-refractivity contribution >= 4 is 23.3 Å². The molecule has 0 saturated carbocycles. The minimum absolute atomic E-state index is 0.0264. The van der Waals surface area contributed by atoms with Gasteiger partial charge in [-0.05, 0) is 24.6 Å². The number of fused-ring (bicyclic) bond motifs is 1. The number of nitro benzene ring substituents is 1. The lowest BCUT2D eigenvalue weighted by Crippen LogP contribution is -2.64. The van der Waals surface area contributed by atoms with E-state index in [1.165, 1.54) is 36.1 Å². The average Bonchev–Trinajstić information content (AvgIpc) is 2.85. The van der Waals surface area contributed by atoms with Crippen molar-refractivity contribution in [2.75, 3.05) is 0 Å². The van der Waals surface area contributed by atoms with Gasteiger partial charge in [-0.15, -0.1) is 0 Å². The molecule has 0 bridgehead atoms. The van der Waals surface area contributed by atoms with Crippen LogP contribution >= 0.6 is 0 Å². The lowest BCUT2D eigenvalue weighted by Gasteiger charge is -2.45. The molecule has 0 radical (unpaired) electrons. The molecule has 2 aliphatic heterocycles. The summed E-state index contributed by atoms with van der Waals surface area (Å²) < 4.78 is 5.09. The third-order valence-corrected chi connectivity index (χ3v) is 4.58. The van der Waals surface area contributed by atoms with E-state index in [4.69, 9.17) is 4.74 Å². The monoisotopic (exact) mass is 348 g/mol. The molecule has 9 heteroatoms. The molecule has 0 spiro atoms. The zero-order valence-electron chi connectivity index (χ0n) is 13.3. The number of ether oxygens (including phenoxy) is 1. The molecule has 25 heavy (non-hydrogen) atoms. The number of carbonyl (C=O) groups is 3. The Balaban J connectivity index is 1.63. The van der Waals surface area contributed by atoms with Crippen molar-refractivity contribution in [1.29, 1.82) is 0 Å². The molecule has 2 saturated heterocycles.